The molecule has 0 aromatic carbocycles. The number of urea groups is 1. The van der Waals surface area contributed by atoms with Crippen molar-refractivity contribution in [3.05, 3.63) is 36.1 Å². The Morgan fingerprint density at radius 1 is 1.55 bits per heavy atom. The van der Waals surface area contributed by atoms with E-state index in [4.69, 9.17) is 4.74 Å². The van der Waals surface area contributed by atoms with Crippen molar-refractivity contribution in [1.29, 1.82) is 0 Å². The molecule has 0 aromatic heterocycles. The summed E-state index contributed by atoms with van der Waals surface area (Å²) < 4.78 is 5.13. The average Bonchev–Trinajstić information content (AvgIpc) is 2.45. The Labute approximate surface area is 118 Å². The van der Waals surface area contributed by atoms with Crippen LogP contribution < -0.4 is 10.6 Å². The van der Waals surface area contributed by atoms with Gasteiger partial charge in [-0.15, -0.1) is 0 Å². The van der Waals surface area contributed by atoms with E-state index in [1.54, 1.807) is 6.92 Å². The number of hydrogen-bond acceptors (Lipinski definition) is 3. The summed E-state index contributed by atoms with van der Waals surface area (Å²) in [6.07, 6.45) is 8.54. The minimum atomic E-state index is -0.394. The molecule has 1 heterocycles. The fourth-order valence-corrected chi connectivity index (χ4v) is 2.69. The quantitative estimate of drug-likeness (QED) is 0.610. The second kappa shape index (κ2) is 6.41. The first-order valence-electron chi connectivity index (χ1n) is 6.84. The number of amides is 2. The molecule has 20 heavy (non-hydrogen) atoms. The van der Waals surface area contributed by atoms with E-state index >= 15 is 0 Å². The third-order valence-electron chi connectivity index (χ3n) is 3.64. The molecule has 0 radical (unpaired) electrons. The lowest BCUT2D eigenvalue weighted by molar-refractivity contribution is -0.138. The second-order valence-corrected chi connectivity index (χ2v) is 5.05. The molecule has 108 valence electrons. The van der Waals surface area contributed by atoms with Crippen molar-refractivity contribution in [2.45, 2.75) is 32.2 Å². The summed E-state index contributed by atoms with van der Waals surface area (Å²) in [4.78, 5) is 23.9. The smallest absolute Gasteiger partial charge is 0.338 e. The van der Waals surface area contributed by atoms with Gasteiger partial charge in [0, 0.05) is 5.70 Å². The maximum Gasteiger partial charge on any atom is 0.338 e. The van der Waals surface area contributed by atoms with Gasteiger partial charge in [-0.25, -0.2) is 9.59 Å². The molecule has 1 aliphatic carbocycles. The van der Waals surface area contributed by atoms with Crippen LogP contribution in [-0.2, 0) is 9.53 Å². The van der Waals surface area contributed by atoms with E-state index < -0.39 is 5.97 Å². The molecule has 0 aromatic rings. The first-order chi connectivity index (χ1) is 9.63. The van der Waals surface area contributed by atoms with Gasteiger partial charge in [0.15, 0.2) is 0 Å². The third kappa shape index (κ3) is 3.10. The lowest BCUT2D eigenvalue weighted by atomic mass is 9.82. The largest absolute Gasteiger partial charge is 0.458 e. The van der Waals surface area contributed by atoms with Gasteiger partial charge in [0.05, 0.1) is 11.6 Å². The van der Waals surface area contributed by atoms with Crippen LogP contribution in [0.15, 0.2) is 36.1 Å². The fourth-order valence-electron chi connectivity index (χ4n) is 2.69. The minimum Gasteiger partial charge on any atom is -0.458 e. The van der Waals surface area contributed by atoms with Crippen molar-refractivity contribution in [2.75, 3.05) is 6.61 Å². The number of ether oxygens (including phenoxy) is 1. The van der Waals surface area contributed by atoms with Crippen molar-refractivity contribution in [1.82, 2.24) is 10.6 Å². The van der Waals surface area contributed by atoms with E-state index in [1.807, 2.05) is 0 Å². The third-order valence-corrected chi connectivity index (χ3v) is 3.64. The first-order valence-corrected chi connectivity index (χ1v) is 6.84. The molecular formula is C15H20N2O3. The van der Waals surface area contributed by atoms with Crippen molar-refractivity contribution < 1.29 is 14.3 Å². The molecule has 0 saturated heterocycles. The Balaban J connectivity index is 2.23. The van der Waals surface area contributed by atoms with Gasteiger partial charge >= 0.3 is 12.0 Å². The van der Waals surface area contributed by atoms with Gasteiger partial charge in [-0.3, -0.25) is 0 Å². The number of rotatable bonds is 4. The topological polar surface area (TPSA) is 67.4 Å². The highest BCUT2D eigenvalue weighted by atomic mass is 16.5. The number of nitrogens with one attached hydrogen (secondary N) is 2. The van der Waals surface area contributed by atoms with Crippen LogP contribution in [-0.4, -0.2) is 24.6 Å². The molecule has 0 spiro atoms. The molecule has 2 N–H and O–H groups in total. The van der Waals surface area contributed by atoms with E-state index in [0.29, 0.717) is 11.3 Å². The van der Waals surface area contributed by atoms with Crippen LogP contribution in [0.25, 0.3) is 0 Å². The van der Waals surface area contributed by atoms with Crippen molar-refractivity contribution in [3.8, 4) is 0 Å². The van der Waals surface area contributed by atoms with E-state index in [-0.39, 0.29) is 24.6 Å². The van der Waals surface area contributed by atoms with Crippen molar-refractivity contribution in [2.24, 2.45) is 5.92 Å². The van der Waals surface area contributed by atoms with Crippen LogP contribution in [0.3, 0.4) is 0 Å². The van der Waals surface area contributed by atoms with E-state index in [2.05, 4.69) is 29.4 Å². The van der Waals surface area contributed by atoms with Gasteiger partial charge in [-0.05, 0) is 32.1 Å². The van der Waals surface area contributed by atoms with Crippen LogP contribution in [0.4, 0.5) is 4.79 Å². The van der Waals surface area contributed by atoms with Gasteiger partial charge in [0.2, 0.25) is 0 Å². The maximum absolute atomic E-state index is 12.2. The molecule has 5 heteroatoms. The van der Waals surface area contributed by atoms with Crippen LogP contribution in [0.1, 0.15) is 26.2 Å². The molecule has 0 unspecified atom stereocenters. The summed E-state index contributed by atoms with van der Waals surface area (Å²) in [5, 5.41) is 5.50. The Kier molecular flexibility index (Phi) is 4.61. The molecule has 2 aliphatic rings. The van der Waals surface area contributed by atoms with Gasteiger partial charge in [-0.1, -0.05) is 24.8 Å². The summed E-state index contributed by atoms with van der Waals surface area (Å²) in [5.74, 6) is -0.165. The average molecular weight is 276 g/mol. The highest BCUT2D eigenvalue weighted by Crippen LogP contribution is 2.29. The molecule has 2 atom stereocenters. The maximum atomic E-state index is 12.2. The Morgan fingerprint density at radius 2 is 2.35 bits per heavy atom. The van der Waals surface area contributed by atoms with E-state index in [0.717, 1.165) is 19.3 Å². The molecule has 2 amide bonds. The Hall–Kier alpha value is -2.04. The van der Waals surface area contributed by atoms with Gasteiger partial charge in [0.25, 0.3) is 0 Å². The normalized spacial score (nSPS) is 25.8. The van der Waals surface area contributed by atoms with Crippen LogP contribution in [0.2, 0.25) is 0 Å². The highest BCUT2D eigenvalue weighted by Gasteiger charge is 2.35. The Morgan fingerprint density at radius 3 is 3.00 bits per heavy atom. The van der Waals surface area contributed by atoms with E-state index in [1.165, 1.54) is 6.08 Å². The minimum absolute atomic E-state index is 0.168. The van der Waals surface area contributed by atoms with Crippen LogP contribution in [0.5, 0.6) is 0 Å². The molecular weight excluding hydrogens is 256 g/mol. The van der Waals surface area contributed by atoms with Crippen molar-refractivity contribution in [3.63, 3.8) is 0 Å². The molecule has 1 aliphatic heterocycles. The first kappa shape index (κ1) is 14.4. The standard InChI is InChI=1S/C15H20N2O3/c1-3-9-20-14(18)12-10(2)16-15(19)17-13(12)11-7-5-4-6-8-11/h3-5,11,13H,1,6-9H2,2H3,(H2,16,17,19)/t11-,13+/m0/s1. The van der Waals surface area contributed by atoms with Crippen molar-refractivity contribution >= 4 is 12.0 Å². The Bertz CT molecular complexity index is 480. The predicted molar refractivity (Wildman–Crippen MR) is 75.8 cm³/mol. The van der Waals surface area contributed by atoms with Gasteiger partial charge < -0.3 is 15.4 Å². The highest BCUT2D eigenvalue weighted by molar-refractivity contribution is 5.94. The molecule has 0 fully saturated rings. The summed E-state index contributed by atoms with van der Waals surface area (Å²) in [6.45, 7) is 5.43. The number of carbonyl (C=O) groups excluding carboxylic acids is 2. The summed E-state index contributed by atoms with van der Waals surface area (Å²) in [6, 6.07) is -0.548. The molecule has 0 saturated carbocycles. The predicted octanol–water partition coefficient (Wildman–Crippen LogP) is 2.03. The zero-order chi connectivity index (χ0) is 14.5. The monoisotopic (exact) mass is 276 g/mol. The van der Waals surface area contributed by atoms with Crippen LogP contribution in [0, 0.1) is 5.92 Å². The van der Waals surface area contributed by atoms with Crippen LogP contribution >= 0.6 is 0 Å². The molecule has 5 nitrogen and oxygen atoms in total. The zero-order valence-electron chi connectivity index (χ0n) is 11.6. The summed E-state index contributed by atoms with van der Waals surface area (Å²) in [5.41, 5.74) is 1.09. The zero-order valence-corrected chi connectivity index (χ0v) is 11.6. The summed E-state index contributed by atoms with van der Waals surface area (Å²) in [7, 11) is 0. The second-order valence-electron chi connectivity index (χ2n) is 5.05. The molecule has 2 rings (SSSR count). The van der Waals surface area contributed by atoms with Gasteiger partial charge in [0.1, 0.15) is 6.61 Å². The number of allylic oxidation sites excluding steroid dienone is 3. The van der Waals surface area contributed by atoms with E-state index in [9.17, 15) is 9.59 Å². The number of carbonyl (C=O) groups is 2. The fraction of sp³-hybridized carbons (Fsp3) is 0.467. The lowest BCUT2D eigenvalue weighted by Crippen LogP contribution is -2.53. The number of hydrogen-bond donors (Lipinski definition) is 2. The van der Waals surface area contributed by atoms with Gasteiger partial charge in [-0.2, -0.15) is 0 Å². The SMILES string of the molecule is C=CCOC(=O)C1=C(C)NC(=O)N[C@@H]1[C@H]1CC=CCC1. The lowest BCUT2D eigenvalue weighted by Gasteiger charge is -2.34. The number of esters is 1. The summed E-state index contributed by atoms with van der Waals surface area (Å²) >= 11 is 0. The molecule has 0 bridgehead atoms.